The Kier molecular flexibility index (Phi) is 11.7. The third-order valence-corrected chi connectivity index (χ3v) is 30.2. The molecule has 0 fully saturated rings. The van der Waals surface area contributed by atoms with Crippen molar-refractivity contribution in [3.05, 3.63) is 128 Å². The topological polar surface area (TPSA) is 0 Å². The molecule has 0 amide bonds. The van der Waals surface area contributed by atoms with Crippen LogP contribution in [0.3, 0.4) is 0 Å². The molecule has 0 aromatic heterocycles. The summed E-state index contributed by atoms with van der Waals surface area (Å²) in [4.78, 5) is 0. The van der Waals surface area contributed by atoms with E-state index in [0.717, 1.165) is 0 Å². The largest absolute Gasteiger partial charge is 1.00 e. The van der Waals surface area contributed by atoms with E-state index in [0.29, 0.717) is 13.2 Å². The van der Waals surface area contributed by atoms with Crippen molar-refractivity contribution in [3.63, 3.8) is 0 Å². The van der Waals surface area contributed by atoms with Crippen LogP contribution in [0.25, 0.3) is 34.4 Å². The van der Waals surface area contributed by atoms with Crippen LogP contribution in [0, 0.1) is 26.7 Å². The normalized spacial score (nSPS) is 16.3. The third kappa shape index (κ3) is 6.67. The van der Waals surface area contributed by atoms with Gasteiger partial charge in [0, 0.05) is 0 Å². The van der Waals surface area contributed by atoms with E-state index in [-0.39, 0.29) is 30.2 Å². The number of fused-ring (bicyclic) bond motifs is 2. The maximum absolute atomic E-state index is 2.66. The predicted octanol–water partition coefficient (Wildman–Crippen LogP) is 6.37. The smallest absolute Gasteiger partial charge is 1.00 e. The molecule has 2 aliphatic carbocycles. The average Bonchev–Trinajstić information content (AvgIpc) is 3.55. The number of hydrogen-bond acceptors (Lipinski definition) is 0. The van der Waals surface area contributed by atoms with Crippen molar-refractivity contribution in [2.45, 2.75) is 88.1 Å². The molecule has 0 aliphatic heterocycles. The van der Waals surface area contributed by atoms with Gasteiger partial charge in [-0.15, -0.1) is 0 Å². The Balaban J connectivity index is 0.00000250. The number of rotatable bonds is 5. The van der Waals surface area contributed by atoms with E-state index in [9.17, 15) is 0 Å². The number of hydrogen-bond donors (Lipinski definition) is 0. The summed E-state index contributed by atoms with van der Waals surface area (Å²) in [7, 11) is 0. The molecule has 244 valence electrons. The number of allylic oxidation sites excluding steroid dienone is 2. The second kappa shape index (κ2) is 14.5. The minimum atomic E-state index is -2.24. The summed E-state index contributed by atoms with van der Waals surface area (Å²) in [6.45, 7) is 26.8. The minimum absolute atomic E-state index is 0. The summed E-state index contributed by atoms with van der Waals surface area (Å²) in [5.41, 5.74) is 20.7. The van der Waals surface area contributed by atoms with Crippen molar-refractivity contribution >= 4 is 17.6 Å². The molecular formula is C43H50Cl2SiZr. The van der Waals surface area contributed by atoms with Crippen LogP contribution < -0.4 is 24.8 Å². The molecule has 0 N–H and O–H groups in total. The first-order chi connectivity index (χ1) is 21.3. The summed E-state index contributed by atoms with van der Waals surface area (Å²) < 4.78 is 1.25. The Bertz CT molecular complexity index is 1900. The fraction of sp³-hybridized carbons (Fsp3) is 0.349. The zero-order chi connectivity index (χ0) is 32.4. The first-order valence-electron chi connectivity index (χ1n) is 16.8. The molecule has 0 heterocycles. The molecule has 0 spiro atoms. The molecule has 2 atom stereocenters. The van der Waals surface area contributed by atoms with E-state index in [4.69, 9.17) is 0 Å². The summed E-state index contributed by atoms with van der Waals surface area (Å²) in [5.74, 6) is 0.547. The van der Waals surface area contributed by atoms with Gasteiger partial charge in [0.1, 0.15) is 0 Å². The first kappa shape index (κ1) is 37.9. The zero-order valence-corrected chi connectivity index (χ0v) is 35.0. The van der Waals surface area contributed by atoms with Crippen LogP contribution in [-0.4, -0.2) is 5.43 Å². The molecule has 0 bridgehead atoms. The van der Waals surface area contributed by atoms with Crippen LogP contribution >= 0.6 is 0 Å². The summed E-state index contributed by atoms with van der Waals surface area (Å²) in [6.07, 6.45) is 5.25. The molecular weight excluding hydrogens is 707 g/mol. The van der Waals surface area contributed by atoms with Gasteiger partial charge >= 0.3 is 283 Å². The Morgan fingerprint density at radius 2 is 1.30 bits per heavy atom. The van der Waals surface area contributed by atoms with Crippen LogP contribution in [0.2, 0.25) is 13.1 Å². The predicted molar refractivity (Wildman–Crippen MR) is 196 cm³/mol. The van der Waals surface area contributed by atoms with Crippen molar-refractivity contribution < 1.29 is 45.2 Å². The van der Waals surface area contributed by atoms with Gasteiger partial charge in [-0.05, 0) is 0 Å². The fourth-order valence-corrected chi connectivity index (χ4v) is 29.1. The van der Waals surface area contributed by atoms with Crippen molar-refractivity contribution in [1.29, 1.82) is 0 Å². The molecule has 2 aliphatic rings. The fourth-order valence-electron chi connectivity index (χ4n) is 8.07. The van der Waals surface area contributed by atoms with Gasteiger partial charge in [-0.1, -0.05) is 0 Å². The SMILES string of the molecule is CC1=Cc2c(-c3ccc(C(C)(C)C)cc3)c(C)c(C)c(C)c2[CH]1[Zr+2]([CH]1C(C(C)C)=Cc2c(-c3ccccc3)cccc21)=[Si](C)C.[Cl-].[Cl-]. The monoisotopic (exact) mass is 754 g/mol. The van der Waals surface area contributed by atoms with Crippen LogP contribution in [-0.2, 0) is 25.8 Å². The molecule has 6 rings (SSSR count). The van der Waals surface area contributed by atoms with Gasteiger partial charge in [0.05, 0.1) is 0 Å². The molecule has 2 unspecified atom stereocenters. The van der Waals surface area contributed by atoms with Gasteiger partial charge in [0.15, 0.2) is 0 Å². The van der Waals surface area contributed by atoms with Crippen molar-refractivity contribution in [2.24, 2.45) is 5.92 Å². The maximum atomic E-state index is 2.66. The van der Waals surface area contributed by atoms with Gasteiger partial charge in [-0.25, -0.2) is 0 Å². The molecule has 47 heavy (non-hydrogen) atoms. The van der Waals surface area contributed by atoms with Gasteiger partial charge in [0.2, 0.25) is 0 Å². The van der Waals surface area contributed by atoms with E-state index >= 15 is 0 Å². The van der Waals surface area contributed by atoms with Crippen LogP contribution in [0.15, 0.2) is 83.9 Å². The quantitative estimate of drug-likeness (QED) is 0.208. The average molecular weight is 757 g/mol. The summed E-state index contributed by atoms with van der Waals surface area (Å²) in [6, 6.07) is 27.7. The number of halogens is 2. The van der Waals surface area contributed by atoms with E-state index in [2.05, 4.69) is 160 Å². The van der Waals surface area contributed by atoms with Crippen LogP contribution in [0.1, 0.15) is 93.3 Å². The Morgan fingerprint density at radius 3 is 1.87 bits per heavy atom. The summed E-state index contributed by atoms with van der Waals surface area (Å²) >= 11 is -2.24. The maximum Gasteiger partial charge on any atom is -1.00 e. The van der Waals surface area contributed by atoms with E-state index in [1.165, 1.54) is 50.1 Å². The van der Waals surface area contributed by atoms with Crippen molar-refractivity contribution in [1.82, 2.24) is 0 Å². The molecule has 0 radical (unpaired) electrons. The third-order valence-electron chi connectivity index (χ3n) is 10.7. The van der Waals surface area contributed by atoms with E-state index in [1.807, 2.05) is 0 Å². The summed E-state index contributed by atoms with van der Waals surface area (Å²) in [5, 5.41) is 0. The molecule has 0 saturated heterocycles. The van der Waals surface area contributed by atoms with Gasteiger partial charge in [-0.3, -0.25) is 0 Å². The van der Waals surface area contributed by atoms with Crippen molar-refractivity contribution in [2.75, 3.05) is 0 Å². The zero-order valence-electron chi connectivity index (χ0n) is 30.1. The molecule has 4 aromatic rings. The first-order valence-corrected chi connectivity index (χ1v) is 25.8. The van der Waals surface area contributed by atoms with E-state index < -0.39 is 25.8 Å². The minimum Gasteiger partial charge on any atom is -1.00 e. The Morgan fingerprint density at radius 1 is 0.660 bits per heavy atom. The van der Waals surface area contributed by atoms with Gasteiger partial charge < -0.3 is 24.8 Å². The molecule has 0 nitrogen and oxygen atoms in total. The second-order valence-electron chi connectivity index (χ2n) is 15.1. The van der Waals surface area contributed by atoms with Crippen LogP contribution in [0.4, 0.5) is 0 Å². The van der Waals surface area contributed by atoms with E-state index in [1.54, 1.807) is 27.8 Å². The van der Waals surface area contributed by atoms with Crippen LogP contribution in [0.5, 0.6) is 0 Å². The molecule has 0 saturated carbocycles. The molecule has 4 heteroatoms. The standard InChI is InChI=1S/C23H27.C18H17.C2H6Si.2ClH.Zr/c1-14-12-20-16(3)15(2)17(4)22(21(20)13-14)18-8-10-19(11-9-18)23(5,6)7;1-13(2)16-11-15-9-6-10-17(18(15)12-16)14-7-4-3-5-8-14;1-3-2;;;/h8-13H,1-7H3;3-13H,1-2H3;1-2H3;2*1H;/q;;;;;+2/p-2. The molecule has 4 aromatic carbocycles. The van der Waals surface area contributed by atoms with Crippen molar-refractivity contribution in [3.8, 4) is 22.3 Å². The second-order valence-corrected chi connectivity index (χ2v) is 33.0. The Hall–Kier alpha value is -1.96. The van der Waals surface area contributed by atoms with Gasteiger partial charge in [0.25, 0.3) is 0 Å². The Labute approximate surface area is 305 Å². The number of benzene rings is 4. The van der Waals surface area contributed by atoms with Gasteiger partial charge in [-0.2, -0.15) is 0 Å².